The highest BCUT2D eigenvalue weighted by Crippen LogP contribution is 2.48. The Balaban J connectivity index is 1.19. The fraction of sp³-hybridized carbons (Fsp3) is 0. The minimum Gasteiger partial charge on any atom is -0.254 e. The van der Waals surface area contributed by atoms with E-state index in [1.165, 1.54) is 43.4 Å². The lowest BCUT2D eigenvalue weighted by Crippen LogP contribution is -1.97. The lowest BCUT2D eigenvalue weighted by Gasteiger charge is -2.20. The van der Waals surface area contributed by atoms with Crippen molar-refractivity contribution >= 4 is 75.8 Å². The van der Waals surface area contributed by atoms with Crippen molar-refractivity contribution in [3.8, 4) is 44.8 Å². The summed E-state index contributed by atoms with van der Waals surface area (Å²) in [5, 5.41) is 12.8. The predicted molar refractivity (Wildman–Crippen MR) is 244 cm³/mol. The molecule has 0 saturated carbocycles. The van der Waals surface area contributed by atoms with Crippen molar-refractivity contribution < 1.29 is 0 Å². The molecule has 0 aliphatic rings. The second kappa shape index (κ2) is 12.9. The van der Waals surface area contributed by atoms with E-state index in [9.17, 15) is 0 Å². The minimum absolute atomic E-state index is 0.910. The summed E-state index contributed by atoms with van der Waals surface area (Å²) in [6.45, 7) is 0. The average molecular weight is 736 g/mol. The molecular weight excluding hydrogens is 703 g/mol. The van der Waals surface area contributed by atoms with Crippen LogP contribution in [-0.4, -0.2) is 15.0 Å². The summed E-state index contributed by atoms with van der Waals surface area (Å²) >= 11 is 0. The van der Waals surface area contributed by atoms with Crippen molar-refractivity contribution in [1.29, 1.82) is 0 Å². The monoisotopic (exact) mass is 735 g/mol. The molecule has 0 fully saturated rings. The lowest BCUT2D eigenvalue weighted by molar-refractivity contribution is 1.34. The molecule has 0 aliphatic carbocycles. The van der Waals surface area contributed by atoms with Crippen molar-refractivity contribution in [1.82, 2.24) is 15.0 Å². The van der Waals surface area contributed by atoms with E-state index in [-0.39, 0.29) is 0 Å². The average Bonchev–Trinajstić information content (AvgIpc) is 3.29. The summed E-state index contributed by atoms with van der Waals surface area (Å²) < 4.78 is 0. The summed E-state index contributed by atoms with van der Waals surface area (Å²) in [5.74, 6) is 0. The number of benzene rings is 9. The second-order valence-corrected chi connectivity index (χ2v) is 15.1. The van der Waals surface area contributed by atoms with E-state index in [1.54, 1.807) is 0 Å². The standard InChI is InChI=1S/C55H33N3/c1-3-14-37-30-39(25-23-34(37)12-1)41-32-49(40-26-24-35-13-2-4-15-38(35)31-40)57-50(33-41)51-42-17-5-7-19-44(42)52(45-20-8-6-18-43(45)51)53-46-21-9-10-22-48(46)58-55-47(53)28-27-36-16-11-29-56-54(36)55/h1-33H. The smallest absolute Gasteiger partial charge is 0.0978 e. The fourth-order valence-electron chi connectivity index (χ4n) is 9.13. The number of rotatable bonds is 4. The predicted octanol–water partition coefficient (Wildman–Crippen LogP) is 14.6. The van der Waals surface area contributed by atoms with Crippen molar-refractivity contribution in [2.75, 3.05) is 0 Å². The highest BCUT2D eigenvalue weighted by molar-refractivity contribution is 6.27. The summed E-state index contributed by atoms with van der Waals surface area (Å²) in [5.41, 5.74) is 11.5. The van der Waals surface area contributed by atoms with Crippen LogP contribution in [0, 0.1) is 0 Å². The van der Waals surface area contributed by atoms with Crippen LogP contribution in [0.2, 0.25) is 0 Å². The highest BCUT2D eigenvalue weighted by Gasteiger charge is 2.22. The van der Waals surface area contributed by atoms with Crippen LogP contribution in [0.25, 0.3) is 121 Å². The molecule has 0 unspecified atom stereocenters. The molecule has 3 heterocycles. The van der Waals surface area contributed by atoms with Crippen LogP contribution < -0.4 is 0 Å². The number of aromatic nitrogens is 3. The SMILES string of the molecule is c1ccc2cc(-c3cc(-c4ccc5ccccc5c4)nc(-c4c5ccccc5c(-c5c6ccccc6nc6c5ccc5cccnc56)c5ccccc45)c3)ccc2c1. The first kappa shape index (κ1) is 32.5. The van der Waals surface area contributed by atoms with Gasteiger partial charge in [-0.15, -0.1) is 0 Å². The van der Waals surface area contributed by atoms with E-state index in [4.69, 9.17) is 15.0 Å². The lowest BCUT2D eigenvalue weighted by atomic mass is 9.84. The second-order valence-electron chi connectivity index (χ2n) is 15.1. The van der Waals surface area contributed by atoms with Crippen molar-refractivity contribution in [2.45, 2.75) is 0 Å². The molecular formula is C55H33N3. The quantitative estimate of drug-likeness (QED) is 0.133. The maximum atomic E-state index is 5.59. The van der Waals surface area contributed by atoms with E-state index >= 15 is 0 Å². The summed E-state index contributed by atoms with van der Waals surface area (Å²) in [6.07, 6.45) is 1.86. The molecule has 0 aliphatic heterocycles. The first-order valence-electron chi connectivity index (χ1n) is 19.8. The molecule has 0 bridgehead atoms. The van der Waals surface area contributed by atoms with E-state index in [1.807, 2.05) is 12.3 Å². The van der Waals surface area contributed by atoms with Gasteiger partial charge >= 0.3 is 0 Å². The molecule has 3 nitrogen and oxygen atoms in total. The van der Waals surface area contributed by atoms with Crippen LogP contribution in [0.15, 0.2) is 200 Å². The number of pyridine rings is 3. The third-order valence-electron chi connectivity index (χ3n) is 11.8. The van der Waals surface area contributed by atoms with Crippen LogP contribution in [0.5, 0.6) is 0 Å². The van der Waals surface area contributed by atoms with Gasteiger partial charge in [0, 0.05) is 39.0 Å². The molecule has 0 spiro atoms. The highest BCUT2D eigenvalue weighted by atomic mass is 14.7. The van der Waals surface area contributed by atoms with Gasteiger partial charge in [0.15, 0.2) is 0 Å². The summed E-state index contributed by atoms with van der Waals surface area (Å²) in [6, 6.07) is 69.8. The van der Waals surface area contributed by atoms with Gasteiger partial charge in [-0.2, -0.15) is 0 Å². The Hall–Kier alpha value is -7.75. The molecule has 0 N–H and O–H groups in total. The molecule has 0 atom stereocenters. The molecule has 0 radical (unpaired) electrons. The van der Waals surface area contributed by atoms with Crippen LogP contribution in [-0.2, 0) is 0 Å². The first-order valence-corrected chi connectivity index (χ1v) is 19.8. The Kier molecular flexibility index (Phi) is 7.23. The first-order chi connectivity index (χ1) is 28.7. The summed E-state index contributed by atoms with van der Waals surface area (Å²) in [7, 11) is 0. The molecule has 3 heteroatoms. The largest absolute Gasteiger partial charge is 0.254 e. The van der Waals surface area contributed by atoms with Crippen molar-refractivity contribution in [2.24, 2.45) is 0 Å². The van der Waals surface area contributed by atoms with Gasteiger partial charge in [-0.25, -0.2) is 9.97 Å². The van der Waals surface area contributed by atoms with E-state index < -0.39 is 0 Å². The molecule has 0 amide bonds. The molecule has 268 valence electrons. The number of hydrogen-bond donors (Lipinski definition) is 0. The van der Waals surface area contributed by atoms with Gasteiger partial charge < -0.3 is 0 Å². The van der Waals surface area contributed by atoms with Gasteiger partial charge in [-0.1, -0.05) is 158 Å². The molecule has 12 aromatic rings. The maximum absolute atomic E-state index is 5.59. The zero-order valence-electron chi connectivity index (χ0n) is 31.4. The van der Waals surface area contributed by atoms with Gasteiger partial charge in [0.1, 0.15) is 0 Å². The Labute approximate surface area is 334 Å². The third-order valence-corrected chi connectivity index (χ3v) is 11.8. The van der Waals surface area contributed by atoms with Gasteiger partial charge in [0.25, 0.3) is 0 Å². The Bertz CT molecular complexity index is 3490. The number of hydrogen-bond acceptors (Lipinski definition) is 3. The van der Waals surface area contributed by atoms with Crippen LogP contribution >= 0.6 is 0 Å². The van der Waals surface area contributed by atoms with E-state index in [0.717, 1.165) is 77.1 Å². The van der Waals surface area contributed by atoms with E-state index in [2.05, 4.69) is 188 Å². The van der Waals surface area contributed by atoms with Crippen LogP contribution in [0.3, 0.4) is 0 Å². The normalized spacial score (nSPS) is 11.8. The molecule has 3 aromatic heterocycles. The zero-order valence-corrected chi connectivity index (χ0v) is 31.4. The number of nitrogens with zero attached hydrogens (tertiary/aromatic N) is 3. The summed E-state index contributed by atoms with van der Waals surface area (Å²) in [4.78, 5) is 15.7. The fourth-order valence-corrected chi connectivity index (χ4v) is 9.13. The van der Waals surface area contributed by atoms with Gasteiger partial charge in [0.2, 0.25) is 0 Å². The van der Waals surface area contributed by atoms with E-state index in [0.29, 0.717) is 0 Å². The minimum atomic E-state index is 0.910. The molecule has 12 rings (SSSR count). The van der Waals surface area contributed by atoms with Crippen LogP contribution in [0.1, 0.15) is 0 Å². The van der Waals surface area contributed by atoms with Gasteiger partial charge in [-0.05, 0) is 96.2 Å². The van der Waals surface area contributed by atoms with Gasteiger partial charge in [0.05, 0.1) is 27.9 Å². The number of fused-ring (bicyclic) bond motifs is 8. The maximum Gasteiger partial charge on any atom is 0.0978 e. The molecule has 0 saturated heterocycles. The Morgan fingerprint density at radius 3 is 1.50 bits per heavy atom. The topological polar surface area (TPSA) is 38.7 Å². The van der Waals surface area contributed by atoms with Gasteiger partial charge in [-0.3, -0.25) is 4.98 Å². The van der Waals surface area contributed by atoms with Crippen molar-refractivity contribution in [3.05, 3.63) is 200 Å². The number of para-hydroxylation sites is 1. The third kappa shape index (κ3) is 5.11. The molecule has 9 aromatic carbocycles. The van der Waals surface area contributed by atoms with Crippen LogP contribution in [0.4, 0.5) is 0 Å². The molecule has 58 heavy (non-hydrogen) atoms. The zero-order chi connectivity index (χ0) is 38.2. The Morgan fingerprint density at radius 1 is 0.276 bits per heavy atom. The Morgan fingerprint density at radius 2 is 0.793 bits per heavy atom. The van der Waals surface area contributed by atoms with Crippen molar-refractivity contribution in [3.63, 3.8) is 0 Å².